The van der Waals surface area contributed by atoms with E-state index in [-0.39, 0.29) is 6.04 Å². The fourth-order valence-corrected chi connectivity index (χ4v) is 1.44. The molecule has 2 aromatic heterocycles. The van der Waals surface area contributed by atoms with Crippen LogP contribution in [0.25, 0.3) is 11.6 Å². The molecule has 90 valence electrons. The van der Waals surface area contributed by atoms with Crippen molar-refractivity contribution in [3.63, 3.8) is 0 Å². The molecule has 2 N–H and O–H groups in total. The van der Waals surface area contributed by atoms with E-state index in [1.807, 2.05) is 0 Å². The lowest BCUT2D eigenvalue weighted by Gasteiger charge is -2.03. The number of hydrogen-bond donors (Lipinski definition) is 1. The van der Waals surface area contributed by atoms with E-state index < -0.39 is 0 Å². The minimum absolute atomic E-state index is 0.208. The fraction of sp³-hybridized carbons (Fsp3) is 0.455. The molecule has 0 amide bonds. The molecule has 0 fully saturated rings. The maximum absolute atomic E-state index is 5.94. The zero-order chi connectivity index (χ0) is 12.1. The second-order valence-electron chi connectivity index (χ2n) is 3.78. The van der Waals surface area contributed by atoms with Gasteiger partial charge >= 0.3 is 0 Å². The molecule has 0 aliphatic heterocycles. The van der Waals surface area contributed by atoms with Crippen molar-refractivity contribution in [3.8, 4) is 11.6 Å². The van der Waals surface area contributed by atoms with E-state index in [0.29, 0.717) is 17.5 Å². The Balaban J connectivity index is 2.11. The second kappa shape index (κ2) is 5.49. The molecule has 0 radical (unpaired) electrons. The SMILES string of the molecule is CCCCC(N)c1nc(-c2ncccn2)no1. The van der Waals surface area contributed by atoms with Gasteiger partial charge < -0.3 is 10.3 Å². The lowest BCUT2D eigenvalue weighted by Crippen LogP contribution is -2.10. The molecule has 0 spiro atoms. The van der Waals surface area contributed by atoms with Gasteiger partial charge in [-0.05, 0) is 12.5 Å². The number of rotatable bonds is 5. The van der Waals surface area contributed by atoms with Crippen LogP contribution < -0.4 is 5.73 Å². The van der Waals surface area contributed by atoms with Gasteiger partial charge in [-0.25, -0.2) is 9.97 Å². The van der Waals surface area contributed by atoms with Crippen LogP contribution in [0.5, 0.6) is 0 Å². The molecule has 0 bridgehead atoms. The van der Waals surface area contributed by atoms with E-state index in [0.717, 1.165) is 19.3 Å². The Bertz CT molecular complexity index is 456. The third-order valence-corrected chi connectivity index (χ3v) is 2.39. The maximum atomic E-state index is 5.94. The fourth-order valence-electron chi connectivity index (χ4n) is 1.44. The van der Waals surface area contributed by atoms with Gasteiger partial charge in [-0.3, -0.25) is 0 Å². The molecule has 0 aliphatic rings. The molecule has 0 saturated carbocycles. The smallest absolute Gasteiger partial charge is 0.243 e. The highest BCUT2D eigenvalue weighted by Gasteiger charge is 2.16. The topological polar surface area (TPSA) is 90.7 Å². The quantitative estimate of drug-likeness (QED) is 0.845. The van der Waals surface area contributed by atoms with Gasteiger partial charge in [-0.1, -0.05) is 24.9 Å². The summed E-state index contributed by atoms with van der Waals surface area (Å²) in [7, 11) is 0. The molecule has 1 atom stereocenters. The Kier molecular flexibility index (Phi) is 3.77. The molecule has 1 unspecified atom stereocenters. The van der Waals surface area contributed by atoms with Crippen LogP contribution in [0.2, 0.25) is 0 Å². The minimum atomic E-state index is -0.208. The summed E-state index contributed by atoms with van der Waals surface area (Å²) in [6, 6.07) is 1.53. The third kappa shape index (κ3) is 2.85. The summed E-state index contributed by atoms with van der Waals surface area (Å²) in [5.41, 5.74) is 5.94. The zero-order valence-corrected chi connectivity index (χ0v) is 9.71. The Morgan fingerprint density at radius 2 is 2.06 bits per heavy atom. The van der Waals surface area contributed by atoms with Crippen molar-refractivity contribution >= 4 is 0 Å². The number of nitrogens with two attached hydrogens (primary N) is 1. The van der Waals surface area contributed by atoms with Crippen molar-refractivity contribution in [1.82, 2.24) is 20.1 Å². The van der Waals surface area contributed by atoms with Crippen LogP contribution in [-0.2, 0) is 0 Å². The molecular weight excluding hydrogens is 218 g/mol. The molecule has 2 aromatic rings. The molecule has 0 aromatic carbocycles. The van der Waals surface area contributed by atoms with E-state index in [1.54, 1.807) is 18.5 Å². The Labute approximate surface area is 99.3 Å². The van der Waals surface area contributed by atoms with Crippen molar-refractivity contribution in [2.24, 2.45) is 5.73 Å². The van der Waals surface area contributed by atoms with Gasteiger partial charge in [0.15, 0.2) is 0 Å². The van der Waals surface area contributed by atoms with Crippen LogP contribution >= 0.6 is 0 Å². The highest BCUT2D eigenvalue weighted by molar-refractivity contribution is 5.40. The molecule has 2 rings (SSSR count). The van der Waals surface area contributed by atoms with E-state index >= 15 is 0 Å². The van der Waals surface area contributed by atoms with Crippen molar-refractivity contribution < 1.29 is 4.52 Å². The number of aromatic nitrogens is 4. The first-order chi connectivity index (χ1) is 8.31. The first-order valence-electron chi connectivity index (χ1n) is 5.68. The molecule has 17 heavy (non-hydrogen) atoms. The summed E-state index contributed by atoms with van der Waals surface area (Å²) in [5.74, 6) is 1.28. The summed E-state index contributed by atoms with van der Waals surface area (Å²) >= 11 is 0. The largest absolute Gasteiger partial charge is 0.337 e. The number of unbranched alkanes of at least 4 members (excludes halogenated alkanes) is 1. The van der Waals surface area contributed by atoms with E-state index in [2.05, 4.69) is 27.0 Å². The predicted octanol–water partition coefficient (Wildman–Crippen LogP) is 1.72. The zero-order valence-electron chi connectivity index (χ0n) is 9.71. The first kappa shape index (κ1) is 11.7. The van der Waals surface area contributed by atoms with Crippen molar-refractivity contribution in [2.75, 3.05) is 0 Å². The molecule has 6 heteroatoms. The average molecular weight is 233 g/mol. The van der Waals surface area contributed by atoms with Crippen LogP contribution in [0.1, 0.15) is 38.1 Å². The summed E-state index contributed by atoms with van der Waals surface area (Å²) in [5, 5.41) is 3.82. The van der Waals surface area contributed by atoms with Gasteiger partial charge in [0.05, 0.1) is 6.04 Å². The van der Waals surface area contributed by atoms with E-state index in [1.165, 1.54) is 0 Å². The normalized spacial score (nSPS) is 12.6. The Hall–Kier alpha value is -1.82. The summed E-state index contributed by atoms with van der Waals surface area (Å²) in [6.45, 7) is 2.11. The van der Waals surface area contributed by atoms with Crippen molar-refractivity contribution in [1.29, 1.82) is 0 Å². The molecule has 2 heterocycles. The summed E-state index contributed by atoms with van der Waals surface area (Å²) in [6.07, 6.45) is 6.25. The maximum Gasteiger partial charge on any atom is 0.243 e. The van der Waals surface area contributed by atoms with Gasteiger partial charge in [0.2, 0.25) is 17.5 Å². The first-order valence-corrected chi connectivity index (χ1v) is 5.68. The van der Waals surface area contributed by atoms with E-state index in [9.17, 15) is 0 Å². The second-order valence-corrected chi connectivity index (χ2v) is 3.78. The average Bonchev–Trinajstić information content (AvgIpc) is 2.86. The van der Waals surface area contributed by atoms with Gasteiger partial charge in [0.25, 0.3) is 0 Å². The summed E-state index contributed by atoms with van der Waals surface area (Å²) in [4.78, 5) is 12.3. The van der Waals surface area contributed by atoms with Crippen molar-refractivity contribution in [2.45, 2.75) is 32.2 Å². The third-order valence-electron chi connectivity index (χ3n) is 2.39. The lowest BCUT2D eigenvalue weighted by atomic mass is 10.1. The lowest BCUT2D eigenvalue weighted by molar-refractivity contribution is 0.346. The van der Waals surface area contributed by atoms with Gasteiger partial charge in [0.1, 0.15) is 0 Å². The van der Waals surface area contributed by atoms with Crippen LogP contribution in [0.15, 0.2) is 23.0 Å². The molecule has 0 saturated heterocycles. The Morgan fingerprint density at radius 3 is 2.76 bits per heavy atom. The van der Waals surface area contributed by atoms with E-state index in [4.69, 9.17) is 10.3 Å². The molecule has 6 nitrogen and oxygen atoms in total. The van der Waals surface area contributed by atoms with Gasteiger partial charge in [-0.2, -0.15) is 4.98 Å². The van der Waals surface area contributed by atoms with Crippen LogP contribution in [0.3, 0.4) is 0 Å². The summed E-state index contributed by atoms with van der Waals surface area (Å²) < 4.78 is 5.11. The molecule has 0 aliphatic carbocycles. The minimum Gasteiger partial charge on any atom is -0.337 e. The monoisotopic (exact) mass is 233 g/mol. The number of hydrogen-bond acceptors (Lipinski definition) is 6. The Morgan fingerprint density at radius 1 is 1.29 bits per heavy atom. The number of nitrogens with zero attached hydrogens (tertiary/aromatic N) is 4. The standard InChI is InChI=1S/C11H15N5O/c1-2-3-5-8(12)11-15-10(16-17-11)9-13-6-4-7-14-9/h4,6-8H,2-3,5,12H2,1H3. The van der Waals surface area contributed by atoms with Crippen LogP contribution in [0, 0.1) is 0 Å². The highest BCUT2D eigenvalue weighted by atomic mass is 16.5. The van der Waals surface area contributed by atoms with Crippen LogP contribution in [-0.4, -0.2) is 20.1 Å². The van der Waals surface area contributed by atoms with Gasteiger partial charge in [-0.15, -0.1) is 0 Å². The molecular formula is C11H15N5O. The van der Waals surface area contributed by atoms with Crippen LogP contribution in [0.4, 0.5) is 0 Å². The van der Waals surface area contributed by atoms with Crippen molar-refractivity contribution in [3.05, 3.63) is 24.4 Å². The highest BCUT2D eigenvalue weighted by Crippen LogP contribution is 2.17. The predicted molar refractivity (Wildman–Crippen MR) is 61.8 cm³/mol. The van der Waals surface area contributed by atoms with Gasteiger partial charge in [0, 0.05) is 12.4 Å².